The first kappa shape index (κ1) is 27.0. The average Bonchev–Trinajstić information content (AvgIpc) is 2.79. The molecule has 3 aliphatic rings. The second-order valence-corrected chi connectivity index (χ2v) is 9.12. The summed E-state index contributed by atoms with van der Waals surface area (Å²) in [4.78, 5) is 0. The predicted molar refractivity (Wildman–Crippen MR) is 103 cm³/mol. The van der Waals surface area contributed by atoms with Crippen LogP contribution in [0.5, 0.6) is 0 Å². The molecule has 0 spiro atoms. The minimum Gasteiger partial charge on any atom is -0.394 e. The molecule has 1 saturated carbocycles. The van der Waals surface area contributed by atoms with Crippen LogP contribution in [-0.4, -0.2) is 141 Å². The van der Waals surface area contributed by atoms with Crippen molar-refractivity contribution >= 4 is 0 Å². The molecule has 2 aliphatic heterocycles. The molecule has 3 rings (SSSR count). The van der Waals surface area contributed by atoms with E-state index in [9.17, 15) is 35.7 Å². The van der Waals surface area contributed by atoms with Gasteiger partial charge in [-0.3, -0.25) is 0 Å². The van der Waals surface area contributed by atoms with Crippen LogP contribution in [0, 0.1) is 0 Å². The van der Waals surface area contributed by atoms with Crippen molar-refractivity contribution in [2.75, 3.05) is 13.2 Å². The zero-order valence-corrected chi connectivity index (χ0v) is 18.4. The molecule has 194 valence electrons. The van der Waals surface area contributed by atoms with Crippen molar-refractivity contribution in [3.8, 4) is 0 Å². The zero-order chi connectivity index (χ0) is 24.6. The molecule has 33 heavy (non-hydrogen) atoms. The Morgan fingerprint density at radius 1 is 0.667 bits per heavy atom. The van der Waals surface area contributed by atoms with Crippen LogP contribution in [0.25, 0.3) is 0 Å². The highest BCUT2D eigenvalue weighted by Crippen LogP contribution is 2.30. The lowest BCUT2D eigenvalue weighted by Gasteiger charge is -2.45. The smallest absolute Gasteiger partial charge is 0.214 e. The number of hydrogen-bond donors (Lipinski definition) is 11. The van der Waals surface area contributed by atoms with Crippen LogP contribution < -0.4 is 22.9 Å². The standard InChI is InChI=1S/C18H36N4O11/c19-2-6-9(24)11(26)8(22)17(30-6)32-15-4(20)1-5(21)16(14(15)29)33-18-13(28)12(27)10(25)7(3-23)31-18/h4-18,23-29H,1-3,19-22H2/p+4/t4-,5+,6+,7+,8+,9+,10+,11+,12-,13+,14-,15+,16-,17+,18+/m0/s1. The van der Waals surface area contributed by atoms with Crippen molar-refractivity contribution in [2.24, 2.45) is 0 Å². The van der Waals surface area contributed by atoms with E-state index in [4.69, 9.17) is 18.9 Å². The van der Waals surface area contributed by atoms with Crippen molar-refractivity contribution in [2.45, 2.75) is 98.2 Å². The lowest BCUT2D eigenvalue weighted by molar-refractivity contribution is -0.537. The van der Waals surface area contributed by atoms with Crippen LogP contribution in [0.2, 0.25) is 0 Å². The van der Waals surface area contributed by atoms with E-state index in [2.05, 4.69) is 22.9 Å². The topological polar surface area (TPSA) is 289 Å². The molecule has 0 radical (unpaired) electrons. The van der Waals surface area contributed by atoms with Gasteiger partial charge in [-0.1, -0.05) is 0 Å². The fraction of sp³-hybridized carbons (Fsp3) is 1.00. The summed E-state index contributed by atoms with van der Waals surface area (Å²) in [5, 5.41) is 71.1. The maximum absolute atomic E-state index is 11.1. The van der Waals surface area contributed by atoms with E-state index in [1.807, 2.05) is 0 Å². The van der Waals surface area contributed by atoms with Gasteiger partial charge in [0.05, 0.1) is 13.0 Å². The van der Waals surface area contributed by atoms with E-state index in [1.54, 1.807) is 0 Å². The Kier molecular flexibility index (Phi) is 8.99. The summed E-state index contributed by atoms with van der Waals surface area (Å²) in [6, 6.07) is -1.81. The lowest BCUT2D eigenvalue weighted by atomic mass is 9.84. The van der Waals surface area contributed by atoms with Crippen LogP contribution in [-0.2, 0) is 18.9 Å². The third kappa shape index (κ3) is 5.32. The van der Waals surface area contributed by atoms with Gasteiger partial charge in [0.2, 0.25) is 6.29 Å². The average molecular weight is 489 g/mol. The van der Waals surface area contributed by atoms with Gasteiger partial charge in [-0.2, -0.15) is 0 Å². The maximum atomic E-state index is 11.1. The van der Waals surface area contributed by atoms with E-state index >= 15 is 0 Å². The highest BCUT2D eigenvalue weighted by molar-refractivity contribution is 4.97. The van der Waals surface area contributed by atoms with Crippen molar-refractivity contribution in [1.29, 1.82) is 0 Å². The van der Waals surface area contributed by atoms with Gasteiger partial charge < -0.3 is 77.6 Å². The summed E-state index contributed by atoms with van der Waals surface area (Å²) in [5.41, 5.74) is 15.5. The van der Waals surface area contributed by atoms with Gasteiger partial charge in [0.1, 0.15) is 79.7 Å². The Hall–Kier alpha value is -0.600. The molecule has 2 heterocycles. The third-order valence-electron chi connectivity index (χ3n) is 6.75. The second kappa shape index (κ2) is 11.0. The van der Waals surface area contributed by atoms with Crippen molar-refractivity contribution in [1.82, 2.24) is 0 Å². The van der Waals surface area contributed by atoms with E-state index in [0.29, 0.717) is 6.42 Å². The summed E-state index contributed by atoms with van der Waals surface area (Å²) in [6.07, 6.45) is -14.6. The molecule has 2 saturated heterocycles. The molecule has 0 aromatic heterocycles. The van der Waals surface area contributed by atoms with E-state index < -0.39 is 98.4 Å². The summed E-state index contributed by atoms with van der Waals surface area (Å²) in [7, 11) is 0. The molecule has 1 aliphatic carbocycles. The Labute approximate surface area is 189 Å². The monoisotopic (exact) mass is 488 g/mol. The number of aliphatic hydroxyl groups excluding tert-OH is 7. The van der Waals surface area contributed by atoms with Crippen LogP contribution in [0.3, 0.4) is 0 Å². The maximum Gasteiger partial charge on any atom is 0.214 e. The molecule has 15 heteroatoms. The molecule has 0 aromatic carbocycles. The van der Waals surface area contributed by atoms with E-state index in [1.165, 1.54) is 0 Å². The Morgan fingerprint density at radius 3 is 1.73 bits per heavy atom. The number of aliphatic hydroxyl groups is 7. The fourth-order valence-electron chi connectivity index (χ4n) is 4.63. The minimum absolute atomic E-state index is 0.176. The van der Waals surface area contributed by atoms with Crippen molar-refractivity contribution in [3.05, 3.63) is 0 Å². The first-order valence-corrected chi connectivity index (χ1v) is 11.1. The summed E-state index contributed by atoms with van der Waals surface area (Å²) >= 11 is 0. The van der Waals surface area contributed by atoms with Gasteiger partial charge in [-0.25, -0.2) is 0 Å². The molecule has 0 unspecified atom stereocenters. The van der Waals surface area contributed by atoms with Gasteiger partial charge in [0.25, 0.3) is 0 Å². The number of ether oxygens (including phenoxy) is 4. The predicted octanol–water partition coefficient (Wildman–Crippen LogP) is -10.2. The SMILES string of the molecule is [NH3+]C[C@H]1O[C@H](O[C@H]2[C@H](O)[C@@H](O[C@H]3O[C@H](CO)[C@@H](O)[C@H](O)[C@H]3O)[C@H]([NH3+])C[C@@H]2[NH3+])[C@H]([NH3+])[C@@H](O)[C@@H]1O. The molecule has 0 bridgehead atoms. The number of hydrogen-bond acceptors (Lipinski definition) is 11. The third-order valence-corrected chi connectivity index (χ3v) is 6.75. The lowest BCUT2D eigenvalue weighted by Crippen LogP contribution is -2.84. The minimum atomic E-state index is -1.64. The van der Waals surface area contributed by atoms with Crippen molar-refractivity contribution in [3.63, 3.8) is 0 Å². The van der Waals surface area contributed by atoms with Crippen LogP contribution in [0.4, 0.5) is 0 Å². The van der Waals surface area contributed by atoms with E-state index in [-0.39, 0.29) is 6.54 Å². The zero-order valence-electron chi connectivity index (χ0n) is 18.4. The summed E-state index contributed by atoms with van der Waals surface area (Å²) in [5.74, 6) is 0. The van der Waals surface area contributed by atoms with Gasteiger partial charge in [0, 0.05) is 0 Å². The highest BCUT2D eigenvalue weighted by Gasteiger charge is 2.54. The second-order valence-electron chi connectivity index (χ2n) is 9.12. The molecule has 19 N–H and O–H groups in total. The molecule has 0 amide bonds. The largest absolute Gasteiger partial charge is 0.394 e. The van der Waals surface area contributed by atoms with Crippen molar-refractivity contribution < 1.29 is 77.6 Å². The first-order chi connectivity index (χ1) is 15.5. The first-order valence-electron chi connectivity index (χ1n) is 11.1. The van der Waals surface area contributed by atoms with Crippen LogP contribution in [0.1, 0.15) is 6.42 Å². The van der Waals surface area contributed by atoms with Gasteiger partial charge in [-0.05, 0) is 0 Å². The number of rotatable bonds is 6. The molecule has 3 fully saturated rings. The molecule has 15 atom stereocenters. The van der Waals surface area contributed by atoms with Gasteiger partial charge in [0.15, 0.2) is 12.3 Å². The van der Waals surface area contributed by atoms with Gasteiger partial charge in [-0.15, -0.1) is 0 Å². The van der Waals surface area contributed by atoms with Crippen LogP contribution >= 0.6 is 0 Å². The number of quaternary nitrogens is 4. The molecule has 15 nitrogen and oxygen atoms in total. The molecule has 0 aromatic rings. The fourth-order valence-corrected chi connectivity index (χ4v) is 4.63. The summed E-state index contributed by atoms with van der Waals surface area (Å²) in [6.45, 7) is -0.445. The summed E-state index contributed by atoms with van der Waals surface area (Å²) < 4.78 is 22.8. The molecular formula is C18H40N4O11+4. The Bertz CT molecular complexity index is 584. The highest BCUT2D eigenvalue weighted by atomic mass is 16.7. The van der Waals surface area contributed by atoms with Gasteiger partial charge >= 0.3 is 0 Å². The quantitative estimate of drug-likeness (QED) is 0.167. The Morgan fingerprint density at radius 2 is 1.18 bits per heavy atom. The van der Waals surface area contributed by atoms with E-state index in [0.717, 1.165) is 0 Å². The Balaban J connectivity index is 1.72. The molecular weight excluding hydrogens is 448 g/mol. The normalized spacial score (nSPS) is 53.7. The van der Waals surface area contributed by atoms with Crippen LogP contribution in [0.15, 0.2) is 0 Å².